The van der Waals surface area contributed by atoms with E-state index in [1.54, 1.807) is 25.1 Å². The number of nitrogens with zero attached hydrogens (tertiary/aromatic N) is 2. The molecule has 0 radical (unpaired) electrons. The van der Waals surface area contributed by atoms with Crippen LogP contribution < -0.4 is 10.6 Å². The van der Waals surface area contributed by atoms with E-state index < -0.39 is 0 Å². The Balaban J connectivity index is 2.23. The summed E-state index contributed by atoms with van der Waals surface area (Å²) >= 11 is 0. The lowest BCUT2D eigenvalue weighted by Gasteiger charge is -2.12. The van der Waals surface area contributed by atoms with Crippen LogP contribution in [0.1, 0.15) is 36.6 Å². The number of hydrogen-bond donors (Lipinski definition) is 2. The first-order chi connectivity index (χ1) is 10.5. The van der Waals surface area contributed by atoms with Crippen LogP contribution in [-0.2, 0) is 0 Å². The summed E-state index contributed by atoms with van der Waals surface area (Å²) in [7, 11) is 0. The minimum absolute atomic E-state index is 0.0609. The maximum absolute atomic E-state index is 13.7. The number of aryl methyl sites for hydroxylation is 1. The molecule has 1 atom stereocenters. The standard InChI is InChI=1S/C16H19FN4O/c1-4-10(2)18-16(22)14-9-15(20-11(3)19-14)21-13-8-6-5-7-12(13)17/h5-10H,4H2,1-3H3,(H,18,22)(H,19,20,21). The summed E-state index contributed by atoms with van der Waals surface area (Å²) in [5.74, 6) is 0.170. The Hall–Kier alpha value is -2.50. The third kappa shape index (κ3) is 4.00. The smallest absolute Gasteiger partial charge is 0.270 e. The summed E-state index contributed by atoms with van der Waals surface area (Å²) < 4.78 is 13.7. The monoisotopic (exact) mass is 302 g/mol. The van der Waals surface area contributed by atoms with Gasteiger partial charge in [0.2, 0.25) is 0 Å². The van der Waals surface area contributed by atoms with Crippen molar-refractivity contribution in [3.8, 4) is 0 Å². The Morgan fingerprint density at radius 1 is 1.32 bits per heavy atom. The fourth-order valence-electron chi connectivity index (χ4n) is 1.85. The molecule has 1 unspecified atom stereocenters. The molecule has 1 heterocycles. The Bertz CT molecular complexity index is 675. The van der Waals surface area contributed by atoms with Crippen molar-refractivity contribution in [3.63, 3.8) is 0 Å². The molecule has 0 bridgehead atoms. The fourth-order valence-corrected chi connectivity index (χ4v) is 1.85. The minimum atomic E-state index is -0.385. The second-order valence-electron chi connectivity index (χ2n) is 5.07. The minimum Gasteiger partial charge on any atom is -0.348 e. The quantitative estimate of drug-likeness (QED) is 0.890. The van der Waals surface area contributed by atoms with Gasteiger partial charge in [-0.3, -0.25) is 4.79 Å². The predicted molar refractivity (Wildman–Crippen MR) is 83.7 cm³/mol. The Morgan fingerprint density at radius 3 is 2.73 bits per heavy atom. The lowest BCUT2D eigenvalue weighted by Crippen LogP contribution is -2.32. The zero-order chi connectivity index (χ0) is 16.1. The molecule has 0 aliphatic carbocycles. The number of benzene rings is 1. The van der Waals surface area contributed by atoms with E-state index in [0.717, 1.165) is 6.42 Å². The van der Waals surface area contributed by atoms with Gasteiger partial charge in [0, 0.05) is 12.1 Å². The molecular weight excluding hydrogens is 283 g/mol. The van der Waals surface area contributed by atoms with E-state index in [9.17, 15) is 9.18 Å². The normalized spacial score (nSPS) is 11.8. The van der Waals surface area contributed by atoms with Gasteiger partial charge in [-0.05, 0) is 32.4 Å². The van der Waals surface area contributed by atoms with Gasteiger partial charge in [0.1, 0.15) is 23.2 Å². The number of anilines is 2. The topological polar surface area (TPSA) is 66.9 Å². The molecule has 2 N–H and O–H groups in total. The van der Waals surface area contributed by atoms with E-state index in [-0.39, 0.29) is 23.5 Å². The maximum Gasteiger partial charge on any atom is 0.270 e. The van der Waals surface area contributed by atoms with Gasteiger partial charge in [0.25, 0.3) is 5.91 Å². The van der Waals surface area contributed by atoms with Gasteiger partial charge in [0.15, 0.2) is 0 Å². The molecule has 0 saturated heterocycles. The van der Waals surface area contributed by atoms with Gasteiger partial charge in [-0.2, -0.15) is 0 Å². The summed E-state index contributed by atoms with van der Waals surface area (Å²) in [6.45, 7) is 5.60. The zero-order valence-corrected chi connectivity index (χ0v) is 12.9. The molecule has 1 aromatic heterocycles. The molecule has 116 valence electrons. The van der Waals surface area contributed by atoms with Crippen LogP contribution in [0.25, 0.3) is 0 Å². The fraction of sp³-hybridized carbons (Fsp3) is 0.312. The van der Waals surface area contributed by atoms with Crippen molar-refractivity contribution in [2.75, 3.05) is 5.32 Å². The van der Waals surface area contributed by atoms with E-state index >= 15 is 0 Å². The highest BCUT2D eigenvalue weighted by Gasteiger charge is 2.13. The first kappa shape index (κ1) is 15.9. The number of rotatable bonds is 5. The van der Waals surface area contributed by atoms with Crippen LogP contribution in [0.5, 0.6) is 0 Å². The third-order valence-electron chi connectivity index (χ3n) is 3.20. The van der Waals surface area contributed by atoms with E-state index in [0.29, 0.717) is 17.3 Å². The van der Waals surface area contributed by atoms with Crippen molar-refractivity contribution in [2.24, 2.45) is 0 Å². The van der Waals surface area contributed by atoms with Crippen LogP contribution in [0.15, 0.2) is 30.3 Å². The number of carbonyl (C=O) groups excluding carboxylic acids is 1. The Labute approximate surface area is 129 Å². The van der Waals surface area contributed by atoms with Gasteiger partial charge in [-0.1, -0.05) is 19.1 Å². The second-order valence-corrected chi connectivity index (χ2v) is 5.07. The van der Waals surface area contributed by atoms with Gasteiger partial charge >= 0.3 is 0 Å². The highest BCUT2D eigenvalue weighted by molar-refractivity contribution is 5.93. The summed E-state index contributed by atoms with van der Waals surface area (Å²) in [6, 6.07) is 7.86. The van der Waals surface area contributed by atoms with Crippen LogP contribution in [0.4, 0.5) is 15.9 Å². The lowest BCUT2D eigenvalue weighted by atomic mass is 10.2. The molecule has 0 saturated carbocycles. The highest BCUT2D eigenvalue weighted by atomic mass is 19.1. The van der Waals surface area contributed by atoms with E-state index in [2.05, 4.69) is 20.6 Å². The van der Waals surface area contributed by atoms with Gasteiger partial charge in [0.05, 0.1) is 5.69 Å². The van der Waals surface area contributed by atoms with Crippen molar-refractivity contribution < 1.29 is 9.18 Å². The molecule has 2 aromatic rings. The van der Waals surface area contributed by atoms with Gasteiger partial charge in [-0.25, -0.2) is 14.4 Å². The summed E-state index contributed by atoms with van der Waals surface area (Å²) in [5.41, 5.74) is 0.556. The van der Waals surface area contributed by atoms with Crippen LogP contribution in [0.2, 0.25) is 0 Å². The lowest BCUT2D eigenvalue weighted by molar-refractivity contribution is 0.0934. The maximum atomic E-state index is 13.7. The van der Waals surface area contributed by atoms with Crippen molar-refractivity contribution in [2.45, 2.75) is 33.2 Å². The van der Waals surface area contributed by atoms with Crippen LogP contribution in [0, 0.1) is 12.7 Å². The summed E-state index contributed by atoms with van der Waals surface area (Å²) in [6.07, 6.45) is 0.830. The molecule has 22 heavy (non-hydrogen) atoms. The van der Waals surface area contributed by atoms with Crippen molar-refractivity contribution in [1.82, 2.24) is 15.3 Å². The SMILES string of the molecule is CCC(C)NC(=O)c1cc(Nc2ccccc2F)nc(C)n1. The highest BCUT2D eigenvalue weighted by Crippen LogP contribution is 2.18. The molecule has 0 spiro atoms. The number of amides is 1. The van der Waals surface area contributed by atoms with Crippen molar-refractivity contribution in [3.05, 3.63) is 47.7 Å². The average Bonchev–Trinajstić information content (AvgIpc) is 2.49. The van der Waals surface area contributed by atoms with E-state index in [1.165, 1.54) is 12.1 Å². The molecule has 0 aliphatic heterocycles. The average molecular weight is 302 g/mol. The molecular formula is C16H19FN4O. The molecule has 5 nitrogen and oxygen atoms in total. The molecule has 6 heteroatoms. The van der Waals surface area contributed by atoms with Gasteiger partial charge < -0.3 is 10.6 Å². The number of halogens is 1. The predicted octanol–water partition coefficient (Wildman–Crippen LogP) is 3.20. The summed E-state index contributed by atoms with van der Waals surface area (Å²) in [4.78, 5) is 20.4. The zero-order valence-electron chi connectivity index (χ0n) is 12.9. The largest absolute Gasteiger partial charge is 0.348 e. The number of para-hydroxylation sites is 1. The first-order valence-electron chi connectivity index (χ1n) is 7.17. The number of hydrogen-bond acceptors (Lipinski definition) is 4. The molecule has 0 fully saturated rings. The molecule has 1 amide bonds. The third-order valence-corrected chi connectivity index (χ3v) is 3.20. The van der Waals surface area contributed by atoms with Crippen LogP contribution in [-0.4, -0.2) is 21.9 Å². The number of carbonyl (C=O) groups is 1. The molecule has 0 aliphatic rings. The first-order valence-corrected chi connectivity index (χ1v) is 7.17. The number of aromatic nitrogens is 2. The van der Waals surface area contributed by atoms with Gasteiger partial charge in [-0.15, -0.1) is 0 Å². The van der Waals surface area contributed by atoms with Crippen molar-refractivity contribution >= 4 is 17.4 Å². The number of nitrogens with one attached hydrogen (secondary N) is 2. The summed E-state index contributed by atoms with van der Waals surface area (Å²) in [5, 5.41) is 5.71. The van der Waals surface area contributed by atoms with Crippen molar-refractivity contribution in [1.29, 1.82) is 0 Å². The van der Waals surface area contributed by atoms with E-state index in [4.69, 9.17) is 0 Å². The second kappa shape index (κ2) is 6.98. The van der Waals surface area contributed by atoms with Crippen LogP contribution in [0.3, 0.4) is 0 Å². The Kier molecular flexibility index (Phi) is 5.04. The molecule has 2 rings (SSSR count). The van der Waals surface area contributed by atoms with Crippen LogP contribution >= 0.6 is 0 Å². The Morgan fingerprint density at radius 2 is 2.05 bits per heavy atom. The molecule has 1 aromatic carbocycles. The van der Waals surface area contributed by atoms with E-state index in [1.807, 2.05) is 13.8 Å².